The van der Waals surface area contributed by atoms with E-state index in [9.17, 15) is 0 Å². The number of ether oxygens (including phenoxy) is 3. The normalized spacial score (nSPS) is 16.3. The molecule has 0 spiro atoms. The van der Waals surface area contributed by atoms with Crippen molar-refractivity contribution in [1.29, 1.82) is 0 Å². The van der Waals surface area contributed by atoms with Crippen LogP contribution in [0.3, 0.4) is 0 Å². The number of benzene rings is 1. The highest BCUT2D eigenvalue weighted by Gasteiger charge is 2.24. The molecule has 182 valence electrons. The van der Waals surface area contributed by atoms with Crippen LogP contribution in [-0.2, 0) is 11.8 Å². The molecule has 0 amide bonds. The predicted molar refractivity (Wildman–Crippen MR) is 137 cm³/mol. The summed E-state index contributed by atoms with van der Waals surface area (Å²) in [5.41, 5.74) is 3.77. The van der Waals surface area contributed by atoms with Gasteiger partial charge in [-0.3, -0.25) is 9.67 Å². The monoisotopic (exact) mass is 513 g/mol. The van der Waals surface area contributed by atoms with Crippen LogP contribution >= 0.6 is 23.2 Å². The third-order valence-corrected chi connectivity index (χ3v) is 6.79. The Kier molecular flexibility index (Phi) is 6.69. The second-order valence-electron chi connectivity index (χ2n) is 8.30. The number of hydrogen-bond acceptors (Lipinski definition) is 6. The Morgan fingerprint density at radius 1 is 1.06 bits per heavy atom. The number of rotatable bonds is 6. The zero-order valence-corrected chi connectivity index (χ0v) is 21.2. The Labute approximate surface area is 213 Å². The number of methoxy groups -OCH3 is 2. The van der Waals surface area contributed by atoms with Crippen molar-refractivity contribution in [3.05, 3.63) is 52.0 Å². The van der Waals surface area contributed by atoms with Crippen LogP contribution in [0, 0.1) is 0 Å². The Hall–Kier alpha value is -3.07. The lowest BCUT2D eigenvalue weighted by Crippen LogP contribution is -2.19. The van der Waals surface area contributed by atoms with Crippen LogP contribution < -0.4 is 9.47 Å². The van der Waals surface area contributed by atoms with Crippen molar-refractivity contribution in [3.8, 4) is 22.8 Å². The molecule has 0 N–H and O–H groups in total. The lowest BCUT2D eigenvalue weighted by atomic mass is 10.1. The highest BCUT2D eigenvalue weighted by molar-refractivity contribution is 6.41. The minimum atomic E-state index is -0.159. The summed E-state index contributed by atoms with van der Waals surface area (Å²) in [5.74, 6) is 0.906. The van der Waals surface area contributed by atoms with Gasteiger partial charge in [-0.25, -0.2) is 4.68 Å². The summed E-state index contributed by atoms with van der Waals surface area (Å²) < 4.78 is 20.6. The zero-order valence-electron chi connectivity index (χ0n) is 19.7. The molecule has 1 fully saturated rings. The van der Waals surface area contributed by atoms with Gasteiger partial charge in [0.2, 0.25) is 0 Å². The number of pyridine rings is 1. The van der Waals surface area contributed by atoms with Gasteiger partial charge in [0.25, 0.3) is 0 Å². The van der Waals surface area contributed by atoms with E-state index in [0.717, 1.165) is 41.4 Å². The summed E-state index contributed by atoms with van der Waals surface area (Å²) in [7, 11) is 4.98. The number of halogens is 2. The number of nitrogens with zero attached hydrogens (tertiary/aromatic N) is 5. The maximum absolute atomic E-state index is 6.67. The molecule has 1 unspecified atom stereocenters. The highest BCUT2D eigenvalue weighted by atomic mass is 35.5. The first-order chi connectivity index (χ1) is 17.0. The summed E-state index contributed by atoms with van der Waals surface area (Å²) in [6.07, 6.45) is 12.3. The lowest BCUT2D eigenvalue weighted by Gasteiger charge is -2.23. The van der Waals surface area contributed by atoms with E-state index in [1.807, 2.05) is 36.1 Å². The van der Waals surface area contributed by atoms with Crippen molar-refractivity contribution < 1.29 is 14.2 Å². The van der Waals surface area contributed by atoms with Gasteiger partial charge in [0.15, 0.2) is 6.23 Å². The van der Waals surface area contributed by atoms with E-state index in [0.29, 0.717) is 39.4 Å². The van der Waals surface area contributed by atoms with E-state index in [-0.39, 0.29) is 6.23 Å². The van der Waals surface area contributed by atoms with Crippen LogP contribution in [0.25, 0.3) is 34.3 Å². The molecule has 0 aliphatic carbocycles. The molecular weight excluding hydrogens is 489 g/mol. The average Bonchev–Trinajstić information content (AvgIpc) is 3.46. The first-order valence-electron chi connectivity index (χ1n) is 11.3. The summed E-state index contributed by atoms with van der Waals surface area (Å²) in [6, 6.07) is 3.60. The molecule has 1 aliphatic rings. The van der Waals surface area contributed by atoms with E-state index >= 15 is 0 Å². The van der Waals surface area contributed by atoms with Crippen LogP contribution in [0.4, 0.5) is 0 Å². The molecular formula is C25H25Cl2N5O3. The van der Waals surface area contributed by atoms with E-state index in [4.69, 9.17) is 47.5 Å². The molecule has 8 nitrogen and oxygen atoms in total. The minimum absolute atomic E-state index is 0.159. The quantitative estimate of drug-likeness (QED) is 0.313. The SMILES string of the molecule is COc1cc(OC)c(Cl)c(-c2cc3c(cn2)c(/C=C/c2cnn(C)c2)nn3C2CCCCO2)c1Cl. The zero-order chi connectivity index (χ0) is 24.5. The van der Waals surface area contributed by atoms with E-state index in [2.05, 4.69) is 5.10 Å². The Morgan fingerprint density at radius 2 is 1.83 bits per heavy atom. The van der Waals surface area contributed by atoms with E-state index < -0.39 is 0 Å². The Balaban J connectivity index is 1.67. The van der Waals surface area contributed by atoms with Crippen LogP contribution in [0.15, 0.2) is 30.7 Å². The molecule has 35 heavy (non-hydrogen) atoms. The van der Waals surface area contributed by atoms with Gasteiger partial charge in [-0.1, -0.05) is 23.2 Å². The topological polar surface area (TPSA) is 76.2 Å². The fraction of sp³-hybridized carbons (Fsp3) is 0.320. The molecule has 0 radical (unpaired) electrons. The first-order valence-corrected chi connectivity index (χ1v) is 12.0. The molecule has 5 rings (SSSR count). The Morgan fingerprint density at radius 3 is 2.46 bits per heavy atom. The van der Waals surface area contributed by atoms with Gasteiger partial charge in [0.1, 0.15) is 11.5 Å². The first kappa shape index (κ1) is 23.7. The number of hydrogen-bond donors (Lipinski definition) is 0. The molecule has 1 saturated heterocycles. The smallest absolute Gasteiger partial charge is 0.150 e. The van der Waals surface area contributed by atoms with Crippen molar-refractivity contribution >= 4 is 46.3 Å². The molecule has 1 atom stereocenters. The van der Waals surface area contributed by atoms with Crippen LogP contribution in [0.1, 0.15) is 36.7 Å². The van der Waals surface area contributed by atoms with Crippen molar-refractivity contribution in [2.75, 3.05) is 20.8 Å². The van der Waals surface area contributed by atoms with Gasteiger partial charge in [0, 0.05) is 48.6 Å². The second kappa shape index (κ2) is 9.89. The number of aromatic nitrogens is 5. The fourth-order valence-corrected chi connectivity index (χ4v) is 4.96. The highest BCUT2D eigenvalue weighted by Crippen LogP contribution is 2.46. The van der Waals surface area contributed by atoms with Crippen molar-refractivity contribution in [2.45, 2.75) is 25.5 Å². The summed E-state index contributed by atoms with van der Waals surface area (Å²) in [4.78, 5) is 4.70. The van der Waals surface area contributed by atoms with Crippen molar-refractivity contribution in [1.82, 2.24) is 24.5 Å². The summed E-state index contributed by atoms with van der Waals surface area (Å²) >= 11 is 13.3. The minimum Gasteiger partial charge on any atom is -0.495 e. The standard InChI is InChI=1S/C25H25Cl2N5O3/c1-31-14-15(12-29-31)7-8-17-16-13-28-18(10-19(16)32(30-17)22-6-4-5-9-35-22)23-24(26)20(33-2)11-21(34-3)25(23)27/h7-8,10-14,22H,4-6,9H2,1-3H3/b8-7+. The summed E-state index contributed by atoms with van der Waals surface area (Å²) in [6.45, 7) is 0.704. The number of aryl methyl sites for hydroxylation is 1. The molecule has 3 aromatic heterocycles. The maximum Gasteiger partial charge on any atom is 0.150 e. The molecule has 4 heterocycles. The van der Waals surface area contributed by atoms with Crippen LogP contribution in [0.5, 0.6) is 11.5 Å². The van der Waals surface area contributed by atoms with Gasteiger partial charge in [-0.15, -0.1) is 0 Å². The molecule has 1 aliphatic heterocycles. The van der Waals surface area contributed by atoms with E-state index in [1.54, 1.807) is 37.4 Å². The van der Waals surface area contributed by atoms with Gasteiger partial charge >= 0.3 is 0 Å². The summed E-state index contributed by atoms with van der Waals surface area (Å²) in [5, 5.41) is 10.7. The molecule has 1 aromatic carbocycles. The third kappa shape index (κ3) is 4.49. The van der Waals surface area contributed by atoms with Crippen LogP contribution in [-0.4, -0.2) is 45.4 Å². The van der Waals surface area contributed by atoms with Crippen molar-refractivity contribution in [3.63, 3.8) is 0 Å². The van der Waals surface area contributed by atoms with Gasteiger partial charge in [-0.2, -0.15) is 10.2 Å². The maximum atomic E-state index is 6.67. The number of fused-ring (bicyclic) bond motifs is 1. The Bertz CT molecular complexity index is 1380. The second-order valence-corrected chi connectivity index (χ2v) is 9.06. The molecule has 4 aromatic rings. The van der Waals surface area contributed by atoms with Crippen LogP contribution in [0.2, 0.25) is 10.0 Å². The largest absolute Gasteiger partial charge is 0.495 e. The molecule has 0 saturated carbocycles. The van der Waals surface area contributed by atoms with Gasteiger partial charge in [-0.05, 0) is 37.5 Å². The average molecular weight is 514 g/mol. The van der Waals surface area contributed by atoms with Gasteiger partial charge in [0.05, 0.1) is 47.4 Å². The predicted octanol–water partition coefficient (Wildman–Crippen LogP) is 6.03. The van der Waals surface area contributed by atoms with Gasteiger partial charge < -0.3 is 14.2 Å². The lowest BCUT2D eigenvalue weighted by molar-refractivity contribution is -0.0367. The third-order valence-electron chi connectivity index (χ3n) is 6.04. The molecule has 0 bridgehead atoms. The van der Waals surface area contributed by atoms with Crippen molar-refractivity contribution in [2.24, 2.45) is 7.05 Å². The van der Waals surface area contributed by atoms with E-state index in [1.165, 1.54) is 0 Å². The fourth-order valence-electron chi connectivity index (χ4n) is 4.26. The molecule has 10 heteroatoms.